The van der Waals surface area contributed by atoms with Crippen molar-refractivity contribution in [2.45, 2.75) is 32.2 Å². The van der Waals surface area contributed by atoms with Gasteiger partial charge in [0.25, 0.3) is 0 Å². The number of aliphatic hydroxyl groups excluding tert-OH is 1. The third-order valence-electron chi connectivity index (χ3n) is 3.37. The fourth-order valence-electron chi connectivity index (χ4n) is 2.43. The normalized spacial score (nSPS) is 13.8. The molecule has 0 aliphatic heterocycles. The van der Waals surface area contributed by atoms with Crippen LogP contribution >= 0.6 is 0 Å². The standard InChI is InChI=1S/C15H23NO2/c17-8-10-18-9-2-7-16-12-13-5-6-14-3-1-4-15(14)11-13/h5-6,11,16-17H,1-4,7-10,12H2. The first-order valence-electron chi connectivity index (χ1n) is 6.90. The smallest absolute Gasteiger partial charge is 0.0697 e. The van der Waals surface area contributed by atoms with Gasteiger partial charge in [-0.05, 0) is 48.9 Å². The Morgan fingerprint density at radius 3 is 2.94 bits per heavy atom. The SMILES string of the molecule is OCCOCCCNCc1ccc2c(c1)CCC2. The van der Waals surface area contributed by atoms with Gasteiger partial charge in [0.15, 0.2) is 0 Å². The maximum Gasteiger partial charge on any atom is 0.0697 e. The number of fused-ring (bicyclic) bond motifs is 1. The van der Waals surface area contributed by atoms with Gasteiger partial charge in [0.2, 0.25) is 0 Å². The highest BCUT2D eigenvalue weighted by Crippen LogP contribution is 2.22. The molecule has 3 nitrogen and oxygen atoms in total. The number of ether oxygens (including phenoxy) is 1. The van der Waals surface area contributed by atoms with Gasteiger partial charge in [-0.15, -0.1) is 0 Å². The topological polar surface area (TPSA) is 41.5 Å². The van der Waals surface area contributed by atoms with E-state index in [1.807, 2.05) is 0 Å². The van der Waals surface area contributed by atoms with Gasteiger partial charge in [-0.25, -0.2) is 0 Å². The highest BCUT2D eigenvalue weighted by atomic mass is 16.5. The lowest BCUT2D eigenvalue weighted by Crippen LogP contribution is -2.16. The summed E-state index contributed by atoms with van der Waals surface area (Å²) in [4.78, 5) is 0. The van der Waals surface area contributed by atoms with Gasteiger partial charge in [0, 0.05) is 13.2 Å². The summed E-state index contributed by atoms with van der Waals surface area (Å²) >= 11 is 0. The zero-order chi connectivity index (χ0) is 12.6. The van der Waals surface area contributed by atoms with Crippen LogP contribution in [0.15, 0.2) is 18.2 Å². The lowest BCUT2D eigenvalue weighted by atomic mass is 10.1. The zero-order valence-corrected chi connectivity index (χ0v) is 11.0. The van der Waals surface area contributed by atoms with E-state index >= 15 is 0 Å². The van der Waals surface area contributed by atoms with Crippen LogP contribution in [0, 0.1) is 0 Å². The van der Waals surface area contributed by atoms with E-state index in [1.54, 1.807) is 5.56 Å². The second-order valence-corrected chi connectivity index (χ2v) is 4.82. The van der Waals surface area contributed by atoms with E-state index in [4.69, 9.17) is 9.84 Å². The molecule has 1 aromatic rings. The van der Waals surface area contributed by atoms with Gasteiger partial charge in [0.1, 0.15) is 0 Å². The monoisotopic (exact) mass is 249 g/mol. The Hall–Kier alpha value is -0.900. The minimum atomic E-state index is 0.114. The minimum absolute atomic E-state index is 0.114. The number of nitrogens with one attached hydrogen (secondary N) is 1. The van der Waals surface area contributed by atoms with Crippen LogP contribution in [0.2, 0.25) is 0 Å². The summed E-state index contributed by atoms with van der Waals surface area (Å²) in [5, 5.41) is 12.0. The molecular weight excluding hydrogens is 226 g/mol. The number of aryl methyl sites for hydroxylation is 2. The second-order valence-electron chi connectivity index (χ2n) is 4.82. The number of hydrogen-bond donors (Lipinski definition) is 2. The number of benzene rings is 1. The predicted molar refractivity (Wildman–Crippen MR) is 72.7 cm³/mol. The van der Waals surface area contributed by atoms with E-state index in [-0.39, 0.29) is 6.61 Å². The molecule has 18 heavy (non-hydrogen) atoms. The van der Waals surface area contributed by atoms with Crippen LogP contribution in [-0.4, -0.2) is 31.5 Å². The van der Waals surface area contributed by atoms with Gasteiger partial charge in [-0.3, -0.25) is 0 Å². The van der Waals surface area contributed by atoms with Crippen LogP contribution in [0.1, 0.15) is 29.5 Å². The first-order chi connectivity index (χ1) is 8.90. The quantitative estimate of drug-likeness (QED) is 0.689. The maximum absolute atomic E-state index is 8.55. The average molecular weight is 249 g/mol. The molecule has 0 heterocycles. The molecule has 1 aliphatic carbocycles. The molecule has 0 bridgehead atoms. The Balaban J connectivity index is 1.62. The molecule has 1 aromatic carbocycles. The van der Waals surface area contributed by atoms with Gasteiger partial charge in [-0.1, -0.05) is 18.2 Å². The van der Waals surface area contributed by atoms with Crippen molar-refractivity contribution in [1.82, 2.24) is 5.32 Å². The number of hydrogen-bond acceptors (Lipinski definition) is 3. The zero-order valence-electron chi connectivity index (χ0n) is 11.0. The summed E-state index contributed by atoms with van der Waals surface area (Å²) < 4.78 is 5.21. The lowest BCUT2D eigenvalue weighted by Gasteiger charge is -2.07. The lowest BCUT2D eigenvalue weighted by molar-refractivity contribution is 0.0907. The molecule has 0 fully saturated rings. The van der Waals surface area contributed by atoms with Crippen molar-refractivity contribution in [2.75, 3.05) is 26.4 Å². The van der Waals surface area contributed by atoms with Gasteiger partial charge >= 0.3 is 0 Å². The maximum atomic E-state index is 8.55. The second kappa shape index (κ2) is 7.52. The highest BCUT2D eigenvalue weighted by molar-refractivity contribution is 5.35. The van der Waals surface area contributed by atoms with Gasteiger partial charge in [0.05, 0.1) is 13.2 Å². The third kappa shape index (κ3) is 4.09. The Morgan fingerprint density at radius 2 is 2.06 bits per heavy atom. The van der Waals surface area contributed by atoms with Crippen molar-refractivity contribution in [3.8, 4) is 0 Å². The summed E-state index contributed by atoms with van der Waals surface area (Å²) in [6, 6.07) is 6.86. The Morgan fingerprint density at radius 1 is 1.17 bits per heavy atom. The van der Waals surface area contributed by atoms with Crippen LogP contribution in [-0.2, 0) is 24.1 Å². The summed E-state index contributed by atoms with van der Waals surface area (Å²) in [7, 11) is 0. The summed E-state index contributed by atoms with van der Waals surface area (Å²) in [6.07, 6.45) is 4.81. The summed E-state index contributed by atoms with van der Waals surface area (Å²) in [5.41, 5.74) is 4.46. The fraction of sp³-hybridized carbons (Fsp3) is 0.600. The number of rotatable bonds is 8. The molecule has 3 heteroatoms. The molecular formula is C15H23NO2. The van der Waals surface area contributed by atoms with E-state index in [0.717, 1.165) is 26.1 Å². The van der Waals surface area contributed by atoms with E-state index < -0.39 is 0 Å². The molecule has 2 rings (SSSR count). The highest BCUT2D eigenvalue weighted by Gasteiger charge is 2.10. The molecule has 1 aliphatic rings. The van der Waals surface area contributed by atoms with Gasteiger partial charge in [-0.2, -0.15) is 0 Å². The fourth-order valence-corrected chi connectivity index (χ4v) is 2.43. The molecule has 100 valence electrons. The van der Waals surface area contributed by atoms with Crippen molar-refractivity contribution in [3.63, 3.8) is 0 Å². The molecule has 0 atom stereocenters. The van der Waals surface area contributed by atoms with E-state index in [9.17, 15) is 0 Å². The Kier molecular flexibility index (Phi) is 5.65. The molecule has 2 N–H and O–H groups in total. The molecule has 0 unspecified atom stereocenters. The molecule has 0 spiro atoms. The largest absolute Gasteiger partial charge is 0.394 e. The van der Waals surface area contributed by atoms with Crippen molar-refractivity contribution in [3.05, 3.63) is 34.9 Å². The average Bonchev–Trinajstić information content (AvgIpc) is 2.85. The van der Waals surface area contributed by atoms with E-state index in [2.05, 4.69) is 23.5 Å². The molecule has 0 saturated heterocycles. The molecule has 0 aromatic heterocycles. The van der Waals surface area contributed by atoms with E-state index in [0.29, 0.717) is 6.61 Å². The first-order valence-corrected chi connectivity index (χ1v) is 6.90. The first kappa shape index (κ1) is 13.5. The molecule has 0 saturated carbocycles. The van der Waals surface area contributed by atoms with Crippen LogP contribution in [0.5, 0.6) is 0 Å². The van der Waals surface area contributed by atoms with Crippen LogP contribution in [0.4, 0.5) is 0 Å². The van der Waals surface area contributed by atoms with Crippen LogP contribution in [0.3, 0.4) is 0 Å². The van der Waals surface area contributed by atoms with Crippen molar-refractivity contribution in [2.24, 2.45) is 0 Å². The minimum Gasteiger partial charge on any atom is -0.394 e. The van der Waals surface area contributed by atoms with Crippen molar-refractivity contribution < 1.29 is 9.84 Å². The third-order valence-corrected chi connectivity index (χ3v) is 3.37. The summed E-state index contributed by atoms with van der Waals surface area (Å²) in [5.74, 6) is 0. The Bertz CT molecular complexity index is 366. The summed E-state index contributed by atoms with van der Waals surface area (Å²) in [6.45, 7) is 3.18. The Labute approximate surface area is 109 Å². The van der Waals surface area contributed by atoms with Crippen LogP contribution in [0.25, 0.3) is 0 Å². The molecule has 0 amide bonds. The van der Waals surface area contributed by atoms with E-state index in [1.165, 1.54) is 30.4 Å². The number of aliphatic hydroxyl groups is 1. The van der Waals surface area contributed by atoms with Gasteiger partial charge < -0.3 is 15.2 Å². The van der Waals surface area contributed by atoms with Crippen molar-refractivity contribution >= 4 is 0 Å². The molecule has 0 radical (unpaired) electrons. The predicted octanol–water partition coefficient (Wildman–Crippen LogP) is 1.66. The van der Waals surface area contributed by atoms with Crippen molar-refractivity contribution in [1.29, 1.82) is 0 Å². The van der Waals surface area contributed by atoms with Crippen LogP contribution < -0.4 is 5.32 Å².